The monoisotopic (exact) mass is 501 g/mol. The van der Waals surface area contributed by atoms with Gasteiger partial charge < -0.3 is 25.6 Å². The van der Waals surface area contributed by atoms with Gasteiger partial charge in [-0.2, -0.15) is 0 Å². The molecule has 0 unspecified atom stereocenters. The Morgan fingerprint density at radius 2 is 1.86 bits per heavy atom. The van der Waals surface area contributed by atoms with Crippen LogP contribution in [0.4, 0.5) is 17.3 Å². The molecular weight excluding hydrogens is 474 g/mol. The number of ether oxygens (including phenoxy) is 1. The Kier molecular flexibility index (Phi) is 7.68. The van der Waals surface area contributed by atoms with Gasteiger partial charge in [-0.25, -0.2) is 18.4 Å². The van der Waals surface area contributed by atoms with Crippen LogP contribution >= 0.6 is 0 Å². The molecule has 186 valence electrons. The Hall–Kier alpha value is -3.61. The number of nitrogens with one attached hydrogen (secondary N) is 2. The lowest BCUT2D eigenvalue weighted by atomic mass is 9.99. The van der Waals surface area contributed by atoms with E-state index in [1.807, 2.05) is 0 Å². The molecule has 35 heavy (non-hydrogen) atoms. The molecule has 3 rings (SSSR count). The van der Waals surface area contributed by atoms with Gasteiger partial charge in [0.15, 0.2) is 14.9 Å². The van der Waals surface area contributed by atoms with Crippen LogP contribution in [-0.2, 0) is 20.2 Å². The number of hydrogen-bond donors (Lipinski definition) is 4. The van der Waals surface area contributed by atoms with Gasteiger partial charge in [0.05, 0.1) is 23.6 Å². The lowest BCUT2D eigenvalue weighted by Crippen LogP contribution is -2.15. The predicted octanol–water partition coefficient (Wildman–Crippen LogP) is 2.24. The molecule has 3 aromatic rings. The van der Waals surface area contributed by atoms with E-state index in [4.69, 9.17) is 9.84 Å². The topological polar surface area (TPSA) is 164 Å². The molecule has 0 saturated heterocycles. The number of carbonyl (C=O) groups excluding carboxylic acids is 1. The zero-order valence-electron chi connectivity index (χ0n) is 19.7. The van der Waals surface area contributed by atoms with E-state index in [0.29, 0.717) is 22.5 Å². The summed E-state index contributed by atoms with van der Waals surface area (Å²) in [4.78, 5) is 24.4. The van der Waals surface area contributed by atoms with E-state index in [1.165, 1.54) is 25.3 Å². The van der Waals surface area contributed by atoms with Gasteiger partial charge >= 0.3 is 0 Å². The number of amides is 1. The van der Waals surface area contributed by atoms with Crippen molar-refractivity contribution in [2.45, 2.75) is 31.4 Å². The average molecular weight is 502 g/mol. The highest BCUT2D eigenvalue weighted by molar-refractivity contribution is 7.90. The van der Waals surface area contributed by atoms with Crippen molar-refractivity contribution in [1.82, 2.24) is 15.0 Å². The van der Waals surface area contributed by atoms with Crippen LogP contribution in [0.25, 0.3) is 11.3 Å². The van der Waals surface area contributed by atoms with Crippen molar-refractivity contribution in [3.8, 4) is 17.0 Å². The first kappa shape index (κ1) is 26.0. The van der Waals surface area contributed by atoms with E-state index in [0.717, 1.165) is 6.26 Å². The van der Waals surface area contributed by atoms with Crippen molar-refractivity contribution in [2.24, 2.45) is 0 Å². The van der Waals surface area contributed by atoms with Crippen molar-refractivity contribution < 1.29 is 28.2 Å². The minimum absolute atomic E-state index is 0.0304. The van der Waals surface area contributed by atoms with Gasteiger partial charge in [-0.1, -0.05) is 6.07 Å². The van der Waals surface area contributed by atoms with Crippen LogP contribution in [0, 0.1) is 0 Å². The third-order valence-electron chi connectivity index (χ3n) is 4.73. The highest BCUT2D eigenvalue weighted by atomic mass is 32.2. The third-order valence-corrected chi connectivity index (χ3v) is 5.70. The molecule has 12 heteroatoms. The van der Waals surface area contributed by atoms with Crippen LogP contribution in [0.1, 0.15) is 26.3 Å². The molecule has 1 amide bonds. The van der Waals surface area contributed by atoms with Gasteiger partial charge in [0.1, 0.15) is 24.0 Å². The number of aromatic nitrogens is 3. The molecule has 0 aromatic carbocycles. The van der Waals surface area contributed by atoms with E-state index in [2.05, 4.69) is 25.6 Å². The molecule has 0 atom stereocenters. The van der Waals surface area contributed by atoms with Crippen molar-refractivity contribution in [2.75, 3.05) is 30.1 Å². The average Bonchev–Trinajstić information content (AvgIpc) is 2.76. The Balaban J connectivity index is 2.09. The van der Waals surface area contributed by atoms with Crippen LogP contribution in [0.2, 0.25) is 0 Å². The lowest BCUT2D eigenvalue weighted by molar-refractivity contribution is -0.114. The maximum Gasteiger partial charge on any atom is 0.222 e. The lowest BCUT2D eigenvalue weighted by Gasteiger charge is -2.18. The van der Waals surface area contributed by atoms with Crippen molar-refractivity contribution in [3.05, 3.63) is 48.3 Å². The van der Waals surface area contributed by atoms with Gasteiger partial charge in [-0.15, -0.1) is 0 Å². The van der Waals surface area contributed by atoms with Crippen LogP contribution < -0.4 is 15.4 Å². The molecule has 0 aliphatic carbocycles. The second-order valence-corrected chi connectivity index (χ2v) is 10.2. The van der Waals surface area contributed by atoms with E-state index in [-0.39, 0.29) is 41.5 Å². The quantitative estimate of drug-likeness (QED) is 0.342. The fraction of sp³-hybridized carbons (Fsp3) is 0.304. The summed E-state index contributed by atoms with van der Waals surface area (Å²) in [5, 5.41) is 24.7. The Morgan fingerprint density at radius 1 is 1.11 bits per heavy atom. The predicted molar refractivity (Wildman–Crippen MR) is 130 cm³/mol. The maximum atomic E-state index is 12.2. The first-order chi connectivity index (χ1) is 16.4. The van der Waals surface area contributed by atoms with Crippen LogP contribution in [-0.4, -0.2) is 59.0 Å². The van der Waals surface area contributed by atoms with Crippen molar-refractivity contribution in [3.63, 3.8) is 0 Å². The highest BCUT2D eigenvalue weighted by Gasteiger charge is 2.18. The molecule has 0 aliphatic rings. The van der Waals surface area contributed by atoms with Gasteiger partial charge in [0.25, 0.3) is 0 Å². The molecule has 0 aliphatic heterocycles. The summed E-state index contributed by atoms with van der Waals surface area (Å²) in [5.74, 6) is 0.283. The standard InChI is InChI=1S/C23H27N5O6S/c1-14(30)26-20-11-19(17(13-25-20)18-6-5-15(12-24-18)23(2,3)31)27-21-9-16(34-8-7-29)10-22(28-21)35(4,32)33/h5-6,9-13,29,31H,7-8H2,1-4H3,(H2,25,26,27,28,30). The Labute approximate surface area is 203 Å². The second kappa shape index (κ2) is 10.3. The van der Waals surface area contributed by atoms with Gasteiger partial charge in [-0.3, -0.25) is 9.78 Å². The largest absolute Gasteiger partial charge is 0.491 e. The summed E-state index contributed by atoms with van der Waals surface area (Å²) in [6, 6.07) is 7.76. The summed E-state index contributed by atoms with van der Waals surface area (Å²) in [7, 11) is -3.67. The fourth-order valence-electron chi connectivity index (χ4n) is 3.05. The summed E-state index contributed by atoms with van der Waals surface area (Å²) >= 11 is 0. The molecular formula is C23H27N5O6S. The van der Waals surface area contributed by atoms with Crippen molar-refractivity contribution in [1.29, 1.82) is 0 Å². The maximum absolute atomic E-state index is 12.2. The zero-order chi connectivity index (χ0) is 25.8. The molecule has 3 heterocycles. The summed E-state index contributed by atoms with van der Waals surface area (Å²) in [6.45, 7) is 4.37. The SMILES string of the molecule is CC(=O)Nc1cc(Nc2cc(OCCO)cc(S(C)(=O)=O)n2)c(-c2ccc(C(C)(C)O)cn2)cn1. The Morgan fingerprint density at radius 3 is 2.43 bits per heavy atom. The summed E-state index contributed by atoms with van der Waals surface area (Å²) < 4.78 is 29.7. The molecule has 4 N–H and O–H groups in total. The minimum Gasteiger partial charge on any atom is -0.491 e. The van der Waals surface area contributed by atoms with Gasteiger partial charge in [0.2, 0.25) is 5.91 Å². The molecule has 3 aromatic heterocycles. The Bertz CT molecular complexity index is 1320. The summed E-state index contributed by atoms with van der Waals surface area (Å²) in [6.07, 6.45) is 4.07. The van der Waals surface area contributed by atoms with E-state index in [1.54, 1.807) is 38.2 Å². The van der Waals surface area contributed by atoms with Gasteiger partial charge in [-0.05, 0) is 19.9 Å². The molecule has 0 spiro atoms. The van der Waals surface area contributed by atoms with E-state index < -0.39 is 15.4 Å². The summed E-state index contributed by atoms with van der Waals surface area (Å²) in [5.41, 5.74) is 1.02. The highest BCUT2D eigenvalue weighted by Crippen LogP contribution is 2.32. The van der Waals surface area contributed by atoms with Gasteiger partial charge in [0, 0.05) is 54.9 Å². The van der Waals surface area contributed by atoms with E-state index in [9.17, 15) is 18.3 Å². The number of aliphatic hydroxyl groups is 2. The molecule has 0 radical (unpaired) electrons. The first-order valence-electron chi connectivity index (χ1n) is 10.6. The number of carbonyl (C=O) groups is 1. The van der Waals surface area contributed by atoms with Crippen LogP contribution in [0.5, 0.6) is 5.75 Å². The van der Waals surface area contributed by atoms with Crippen molar-refractivity contribution >= 4 is 33.1 Å². The second-order valence-electron chi connectivity index (χ2n) is 8.28. The number of pyridine rings is 3. The first-order valence-corrected chi connectivity index (χ1v) is 12.5. The number of sulfone groups is 1. The molecule has 0 fully saturated rings. The smallest absolute Gasteiger partial charge is 0.222 e. The number of hydrogen-bond acceptors (Lipinski definition) is 10. The number of nitrogens with zero attached hydrogens (tertiary/aromatic N) is 3. The molecule has 0 saturated carbocycles. The fourth-order valence-corrected chi connectivity index (χ4v) is 3.64. The zero-order valence-corrected chi connectivity index (χ0v) is 20.5. The normalized spacial score (nSPS) is 11.7. The number of anilines is 3. The van der Waals surface area contributed by atoms with E-state index >= 15 is 0 Å². The molecule has 0 bridgehead atoms. The van der Waals surface area contributed by atoms with Crippen LogP contribution in [0.15, 0.2) is 47.8 Å². The minimum atomic E-state index is -3.67. The number of rotatable bonds is 9. The number of aliphatic hydroxyl groups excluding tert-OH is 1. The van der Waals surface area contributed by atoms with Crippen LogP contribution in [0.3, 0.4) is 0 Å². The molecule has 11 nitrogen and oxygen atoms in total. The third kappa shape index (κ3) is 6.94.